The molecule has 0 unspecified atom stereocenters. The molecular weight excluding hydrogens is 158 g/mol. The van der Waals surface area contributed by atoms with Gasteiger partial charge in [0.25, 0.3) is 0 Å². The molecule has 0 saturated carbocycles. The molecule has 0 bridgehead atoms. The molecule has 2 aromatic rings. The fourth-order valence-electron chi connectivity index (χ4n) is 1.00. The van der Waals surface area contributed by atoms with E-state index in [9.17, 15) is 0 Å². The lowest BCUT2D eigenvalue weighted by atomic mass is 10.2. The van der Waals surface area contributed by atoms with Crippen molar-refractivity contribution >= 4 is 22.4 Å². The van der Waals surface area contributed by atoms with Crippen LogP contribution in [0.5, 0.6) is 0 Å². The highest BCUT2D eigenvalue weighted by molar-refractivity contribution is 6.31. The molecule has 1 aromatic carbocycles. The van der Waals surface area contributed by atoms with E-state index in [1.807, 2.05) is 24.3 Å². The summed E-state index contributed by atoms with van der Waals surface area (Å²) in [6.45, 7) is 0. The first-order valence-corrected chi connectivity index (χ1v) is 3.65. The van der Waals surface area contributed by atoms with Crippen LogP contribution in [-0.2, 0) is 0 Å². The average Bonchev–Trinajstić information content (AvgIpc) is 2.04. The fraction of sp³-hybridized carbons (Fsp3) is 0. The van der Waals surface area contributed by atoms with Crippen LogP contribution in [0.2, 0.25) is 5.02 Å². The molecule has 0 amide bonds. The Labute approximate surface area is 69.6 Å². The third-order valence-electron chi connectivity index (χ3n) is 1.55. The Hall–Kier alpha value is -1.08. The van der Waals surface area contributed by atoms with Gasteiger partial charge in [0.1, 0.15) is 0 Å². The molecule has 2 heteroatoms. The second-order valence-corrected chi connectivity index (χ2v) is 2.74. The van der Waals surface area contributed by atoms with E-state index < -0.39 is 0 Å². The van der Waals surface area contributed by atoms with E-state index in [1.54, 1.807) is 6.20 Å². The summed E-state index contributed by atoms with van der Waals surface area (Å²) in [5.41, 5.74) is 0. The summed E-state index contributed by atoms with van der Waals surface area (Å²) >= 11 is 5.78. The van der Waals surface area contributed by atoms with Crippen molar-refractivity contribution < 1.29 is 0 Å². The van der Waals surface area contributed by atoms with E-state index in [2.05, 4.69) is 11.2 Å². The molecule has 0 N–H and O–H groups in total. The summed E-state index contributed by atoms with van der Waals surface area (Å²) in [6, 6.07) is 7.51. The number of pyridine rings is 1. The number of hydrogen-bond acceptors (Lipinski definition) is 1. The van der Waals surface area contributed by atoms with Crippen LogP contribution in [0.15, 0.2) is 30.5 Å². The van der Waals surface area contributed by atoms with Crippen LogP contribution in [0.4, 0.5) is 0 Å². The minimum atomic E-state index is 0.747. The number of rotatable bonds is 0. The Morgan fingerprint density at radius 2 is 2.18 bits per heavy atom. The molecule has 0 spiro atoms. The number of fused-ring (bicyclic) bond motifs is 1. The van der Waals surface area contributed by atoms with Gasteiger partial charge in [-0.15, -0.1) is 0 Å². The molecule has 1 aromatic heterocycles. The minimum Gasteiger partial charge on any atom is -0.254 e. The highest BCUT2D eigenvalue weighted by Crippen LogP contribution is 2.17. The molecule has 53 valence electrons. The van der Waals surface area contributed by atoms with Crippen LogP contribution in [0, 0.1) is 6.20 Å². The van der Waals surface area contributed by atoms with Crippen LogP contribution < -0.4 is 0 Å². The van der Waals surface area contributed by atoms with E-state index >= 15 is 0 Å². The Bertz CT molecular complexity index is 384. The molecule has 0 aliphatic rings. The number of benzene rings is 1. The SMILES string of the molecule is Clc1ccc2cn[c]cc2c1. The van der Waals surface area contributed by atoms with E-state index in [4.69, 9.17) is 11.6 Å². The van der Waals surface area contributed by atoms with Crippen molar-refractivity contribution in [2.45, 2.75) is 0 Å². The second-order valence-electron chi connectivity index (χ2n) is 2.30. The summed E-state index contributed by atoms with van der Waals surface area (Å²) in [5.74, 6) is 0. The molecule has 0 aliphatic carbocycles. The van der Waals surface area contributed by atoms with Gasteiger partial charge in [0.2, 0.25) is 0 Å². The second kappa shape index (κ2) is 2.51. The Morgan fingerprint density at radius 3 is 3.09 bits per heavy atom. The maximum absolute atomic E-state index is 5.78. The van der Waals surface area contributed by atoms with Gasteiger partial charge in [-0.2, -0.15) is 0 Å². The summed E-state index contributed by atoms with van der Waals surface area (Å²) in [6.07, 6.45) is 4.52. The molecular formula is C9H5ClN. The van der Waals surface area contributed by atoms with Crippen molar-refractivity contribution in [3.63, 3.8) is 0 Å². The lowest BCUT2D eigenvalue weighted by Crippen LogP contribution is -1.74. The Balaban J connectivity index is 2.83. The van der Waals surface area contributed by atoms with Gasteiger partial charge in [-0.25, -0.2) is 0 Å². The molecule has 1 radical (unpaired) electrons. The van der Waals surface area contributed by atoms with Gasteiger partial charge in [0.05, 0.1) is 6.20 Å². The van der Waals surface area contributed by atoms with Gasteiger partial charge in [-0.3, -0.25) is 4.98 Å². The molecule has 0 aliphatic heterocycles. The van der Waals surface area contributed by atoms with Gasteiger partial charge in [-0.05, 0) is 23.6 Å². The fourth-order valence-corrected chi connectivity index (χ4v) is 1.18. The van der Waals surface area contributed by atoms with Crippen molar-refractivity contribution in [2.75, 3.05) is 0 Å². The summed E-state index contributed by atoms with van der Waals surface area (Å²) in [7, 11) is 0. The quantitative estimate of drug-likeness (QED) is 0.581. The first kappa shape index (κ1) is 6.62. The average molecular weight is 163 g/mol. The lowest BCUT2D eigenvalue weighted by Gasteiger charge is -1.94. The van der Waals surface area contributed by atoms with Crippen molar-refractivity contribution in [1.29, 1.82) is 0 Å². The van der Waals surface area contributed by atoms with Crippen LogP contribution in [-0.4, -0.2) is 4.98 Å². The van der Waals surface area contributed by atoms with E-state index in [1.165, 1.54) is 0 Å². The van der Waals surface area contributed by atoms with Gasteiger partial charge in [0, 0.05) is 16.6 Å². The lowest BCUT2D eigenvalue weighted by molar-refractivity contribution is 1.35. The Kier molecular flexibility index (Phi) is 1.51. The van der Waals surface area contributed by atoms with Crippen molar-refractivity contribution in [1.82, 2.24) is 4.98 Å². The summed E-state index contributed by atoms with van der Waals surface area (Å²) < 4.78 is 0. The van der Waals surface area contributed by atoms with Crippen LogP contribution >= 0.6 is 11.6 Å². The standard InChI is InChI=1S/C9H5ClN/c10-9-2-1-8-6-11-4-3-7(8)5-9/h1-3,5-6H. The van der Waals surface area contributed by atoms with Gasteiger partial charge in [0.15, 0.2) is 0 Å². The van der Waals surface area contributed by atoms with E-state index in [0.29, 0.717) is 0 Å². The summed E-state index contributed by atoms with van der Waals surface area (Å²) in [4.78, 5) is 3.87. The number of aromatic nitrogens is 1. The molecule has 0 fully saturated rings. The van der Waals surface area contributed by atoms with Gasteiger partial charge < -0.3 is 0 Å². The predicted octanol–water partition coefficient (Wildman–Crippen LogP) is 2.69. The van der Waals surface area contributed by atoms with Gasteiger partial charge >= 0.3 is 0 Å². The van der Waals surface area contributed by atoms with Crippen LogP contribution in [0.3, 0.4) is 0 Å². The van der Waals surface area contributed by atoms with Crippen LogP contribution in [0.1, 0.15) is 0 Å². The molecule has 2 rings (SSSR count). The monoisotopic (exact) mass is 162 g/mol. The zero-order valence-electron chi connectivity index (χ0n) is 5.71. The maximum atomic E-state index is 5.78. The smallest absolute Gasteiger partial charge is 0.0892 e. The highest BCUT2D eigenvalue weighted by atomic mass is 35.5. The number of nitrogens with zero attached hydrogens (tertiary/aromatic N) is 1. The third-order valence-corrected chi connectivity index (χ3v) is 1.78. The van der Waals surface area contributed by atoms with Crippen LogP contribution in [0.25, 0.3) is 10.8 Å². The number of hydrogen-bond donors (Lipinski definition) is 0. The molecule has 0 saturated heterocycles. The molecule has 1 heterocycles. The molecule has 11 heavy (non-hydrogen) atoms. The summed E-state index contributed by atoms with van der Waals surface area (Å²) in [5, 5.41) is 2.91. The normalized spacial score (nSPS) is 10.3. The molecule has 0 atom stereocenters. The van der Waals surface area contributed by atoms with Crippen molar-refractivity contribution in [2.24, 2.45) is 0 Å². The minimum absolute atomic E-state index is 0.747. The predicted molar refractivity (Wildman–Crippen MR) is 45.6 cm³/mol. The largest absolute Gasteiger partial charge is 0.254 e. The first-order valence-electron chi connectivity index (χ1n) is 3.27. The zero-order valence-corrected chi connectivity index (χ0v) is 6.47. The number of halogens is 1. The molecule has 1 nitrogen and oxygen atoms in total. The van der Waals surface area contributed by atoms with Gasteiger partial charge in [-0.1, -0.05) is 17.7 Å². The third kappa shape index (κ3) is 1.19. The maximum Gasteiger partial charge on any atom is 0.0892 e. The van der Waals surface area contributed by atoms with E-state index in [0.717, 1.165) is 15.8 Å². The first-order chi connectivity index (χ1) is 5.36. The zero-order chi connectivity index (χ0) is 7.68. The van der Waals surface area contributed by atoms with Crippen molar-refractivity contribution in [3.8, 4) is 0 Å². The van der Waals surface area contributed by atoms with E-state index in [-0.39, 0.29) is 0 Å². The highest BCUT2D eigenvalue weighted by Gasteiger charge is 1.91. The Morgan fingerprint density at radius 1 is 1.27 bits per heavy atom. The topological polar surface area (TPSA) is 12.9 Å². The van der Waals surface area contributed by atoms with Crippen molar-refractivity contribution in [3.05, 3.63) is 41.7 Å².